The largest absolute Gasteiger partial charge is 0.355 e. The molecule has 6 nitrogen and oxygen atoms in total. The van der Waals surface area contributed by atoms with E-state index in [0.29, 0.717) is 22.1 Å². The summed E-state index contributed by atoms with van der Waals surface area (Å²) in [7, 11) is 1.56. The fourth-order valence-corrected chi connectivity index (χ4v) is 3.30. The maximum atomic E-state index is 12.2. The number of thiazole rings is 1. The molecule has 2 aromatic heterocycles. The van der Waals surface area contributed by atoms with Crippen LogP contribution in [-0.2, 0) is 4.79 Å². The summed E-state index contributed by atoms with van der Waals surface area (Å²) >= 11 is 7.56. The number of hydrogen-bond donors (Lipinski definition) is 2. The van der Waals surface area contributed by atoms with Gasteiger partial charge in [0.2, 0.25) is 5.91 Å². The summed E-state index contributed by atoms with van der Waals surface area (Å²) in [5.41, 5.74) is 2.56. The van der Waals surface area contributed by atoms with Gasteiger partial charge in [-0.3, -0.25) is 14.0 Å². The minimum atomic E-state index is -0.321. The quantitative estimate of drug-likeness (QED) is 0.687. The molecule has 8 heteroatoms. The van der Waals surface area contributed by atoms with E-state index in [0.717, 1.165) is 10.5 Å². The molecule has 0 spiro atoms. The van der Waals surface area contributed by atoms with Crippen molar-refractivity contribution in [2.75, 3.05) is 12.4 Å². The first-order valence-electron chi connectivity index (χ1n) is 7.42. The average Bonchev–Trinajstić information content (AvgIpc) is 3.15. The molecular weight excluding hydrogens is 360 g/mol. The number of carbonyl (C=O) groups excluding carboxylic acids is 2. The lowest BCUT2D eigenvalue weighted by atomic mass is 10.1. The topological polar surface area (TPSA) is 75.5 Å². The Bertz CT molecular complexity index is 990. The zero-order valence-electron chi connectivity index (χ0n) is 13.5. The van der Waals surface area contributed by atoms with Crippen molar-refractivity contribution in [1.29, 1.82) is 0 Å². The summed E-state index contributed by atoms with van der Waals surface area (Å²) < 4.78 is 1.81. The van der Waals surface area contributed by atoms with E-state index in [1.165, 1.54) is 17.4 Å². The predicted molar refractivity (Wildman–Crippen MR) is 100 cm³/mol. The number of amides is 2. The number of halogens is 1. The highest BCUT2D eigenvalue weighted by atomic mass is 35.5. The van der Waals surface area contributed by atoms with Crippen LogP contribution in [0.5, 0.6) is 0 Å². The molecule has 0 saturated heterocycles. The lowest BCUT2D eigenvalue weighted by molar-refractivity contribution is -0.111. The molecule has 0 saturated carbocycles. The van der Waals surface area contributed by atoms with E-state index in [-0.39, 0.29) is 11.8 Å². The second kappa shape index (κ2) is 7.08. The maximum Gasteiger partial charge on any atom is 0.251 e. The standard InChI is InChI=1S/C17H15ClN4O2S/c1-10-3-4-11(16(24)19-2)9-12(10)20-14(23)6-5-13-15(18)21-17-22(13)7-8-25-17/h3-9H,1-2H3,(H,19,24)(H,20,23)/b6-5+. The van der Waals surface area contributed by atoms with Crippen LogP contribution < -0.4 is 10.6 Å². The molecule has 25 heavy (non-hydrogen) atoms. The lowest BCUT2D eigenvalue weighted by Crippen LogP contribution is -2.18. The SMILES string of the molecule is CNC(=O)c1ccc(C)c(NC(=O)/C=C/c2c(Cl)nc3sccn23)c1. The number of fused-ring (bicyclic) bond motifs is 1. The maximum absolute atomic E-state index is 12.2. The van der Waals surface area contributed by atoms with Gasteiger partial charge in [-0.1, -0.05) is 17.7 Å². The van der Waals surface area contributed by atoms with Crippen molar-refractivity contribution in [2.45, 2.75) is 6.92 Å². The van der Waals surface area contributed by atoms with Gasteiger partial charge in [0.05, 0.1) is 5.69 Å². The number of hydrogen-bond acceptors (Lipinski definition) is 4. The number of aromatic nitrogens is 2. The van der Waals surface area contributed by atoms with E-state index < -0.39 is 0 Å². The Morgan fingerprint density at radius 1 is 1.36 bits per heavy atom. The van der Waals surface area contributed by atoms with Crippen LogP contribution in [0.15, 0.2) is 35.9 Å². The van der Waals surface area contributed by atoms with E-state index in [2.05, 4.69) is 15.6 Å². The van der Waals surface area contributed by atoms with Crippen molar-refractivity contribution in [3.8, 4) is 0 Å². The molecule has 2 amide bonds. The highest BCUT2D eigenvalue weighted by Crippen LogP contribution is 2.22. The van der Waals surface area contributed by atoms with Crippen molar-refractivity contribution in [3.63, 3.8) is 0 Å². The van der Waals surface area contributed by atoms with Gasteiger partial charge in [-0.05, 0) is 30.7 Å². The predicted octanol–water partition coefficient (Wildman–Crippen LogP) is 3.37. The van der Waals surface area contributed by atoms with E-state index in [4.69, 9.17) is 11.6 Å². The van der Waals surface area contributed by atoms with Crippen LogP contribution in [-0.4, -0.2) is 28.2 Å². The van der Waals surface area contributed by atoms with Crippen LogP contribution in [0, 0.1) is 6.92 Å². The molecular formula is C17H15ClN4O2S. The van der Waals surface area contributed by atoms with Crippen LogP contribution in [0.3, 0.4) is 0 Å². The minimum absolute atomic E-state index is 0.211. The van der Waals surface area contributed by atoms with Gasteiger partial charge >= 0.3 is 0 Å². The zero-order chi connectivity index (χ0) is 18.0. The fraction of sp³-hybridized carbons (Fsp3) is 0.118. The second-order valence-corrected chi connectivity index (χ2v) is 6.51. The lowest BCUT2D eigenvalue weighted by Gasteiger charge is -2.08. The number of benzene rings is 1. The van der Waals surface area contributed by atoms with E-state index >= 15 is 0 Å². The van der Waals surface area contributed by atoms with Crippen LogP contribution >= 0.6 is 22.9 Å². The Morgan fingerprint density at radius 3 is 2.92 bits per heavy atom. The summed E-state index contributed by atoms with van der Waals surface area (Å²) in [5.74, 6) is -0.532. The number of imidazole rings is 1. The Labute approximate surface area is 153 Å². The van der Waals surface area contributed by atoms with Gasteiger partial charge in [0.1, 0.15) is 0 Å². The van der Waals surface area contributed by atoms with Crippen molar-refractivity contribution in [3.05, 3.63) is 57.8 Å². The first-order valence-corrected chi connectivity index (χ1v) is 8.68. The summed E-state index contributed by atoms with van der Waals surface area (Å²) in [6.45, 7) is 1.86. The third-order valence-corrected chi connectivity index (χ3v) is 4.67. The molecule has 0 fully saturated rings. The molecule has 2 N–H and O–H groups in total. The van der Waals surface area contributed by atoms with Crippen LogP contribution in [0.25, 0.3) is 11.0 Å². The second-order valence-electron chi connectivity index (χ2n) is 5.27. The van der Waals surface area contributed by atoms with E-state index in [1.54, 1.807) is 31.3 Å². The molecule has 128 valence electrons. The Hall–Kier alpha value is -2.64. The number of anilines is 1. The molecule has 3 rings (SSSR count). The molecule has 0 bridgehead atoms. The van der Waals surface area contributed by atoms with Crippen LogP contribution in [0.1, 0.15) is 21.6 Å². The number of carbonyl (C=O) groups is 2. The average molecular weight is 375 g/mol. The molecule has 2 heterocycles. The molecule has 0 aliphatic heterocycles. The first kappa shape index (κ1) is 17.2. The van der Waals surface area contributed by atoms with Gasteiger partial charge in [0.15, 0.2) is 10.1 Å². The monoisotopic (exact) mass is 374 g/mol. The first-order chi connectivity index (χ1) is 12.0. The van der Waals surface area contributed by atoms with Crippen LogP contribution in [0.4, 0.5) is 5.69 Å². The molecule has 0 unspecified atom stereocenters. The normalized spacial score (nSPS) is 11.2. The zero-order valence-corrected chi connectivity index (χ0v) is 15.1. The Kier molecular flexibility index (Phi) is 4.87. The van der Waals surface area contributed by atoms with Crippen molar-refractivity contribution in [2.24, 2.45) is 0 Å². The van der Waals surface area contributed by atoms with E-state index in [1.807, 2.05) is 22.9 Å². The Morgan fingerprint density at radius 2 is 2.16 bits per heavy atom. The smallest absolute Gasteiger partial charge is 0.251 e. The summed E-state index contributed by atoms with van der Waals surface area (Å²) in [5, 5.41) is 7.57. The third kappa shape index (κ3) is 3.57. The van der Waals surface area contributed by atoms with Crippen LogP contribution in [0.2, 0.25) is 5.15 Å². The number of aryl methyl sites for hydroxylation is 1. The summed E-state index contributed by atoms with van der Waals surface area (Å²) in [6, 6.07) is 5.13. The van der Waals surface area contributed by atoms with E-state index in [9.17, 15) is 9.59 Å². The molecule has 0 atom stereocenters. The van der Waals surface area contributed by atoms with Gasteiger partial charge in [0, 0.05) is 36.0 Å². The molecule has 3 aromatic rings. The van der Waals surface area contributed by atoms with Crippen molar-refractivity contribution >= 4 is 51.5 Å². The molecule has 0 aliphatic carbocycles. The number of nitrogens with one attached hydrogen (secondary N) is 2. The molecule has 0 radical (unpaired) electrons. The number of rotatable bonds is 4. The van der Waals surface area contributed by atoms with Gasteiger partial charge in [-0.25, -0.2) is 4.98 Å². The number of nitrogens with zero attached hydrogens (tertiary/aromatic N) is 2. The summed E-state index contributed by atoms with van der Waals surface area (Å²) in [4.78, 5) is 28.9. The van der Waals surface area contributed by atoms with Gasteiger partial charge in [-0.2, -0.15) is 0 Å². The Balaban J connectivity index is 1.80. The van der Waals surface area contributed by atoms with Crippen molar-refractivity contribution < 1.29 is 9.59 Å². The molecule has 0 aliphatic rings. The molecule has 1 aromatic carbocycles. The van der Waals surface area contributed by atoms with Gasteiger partial charge in [0.25, 0.3) is 5.91 Å². The highest BCUT2D eigenvalue weighted by Gasteiger charge is 2.10. The minimum Gasteiger partial charge on any atom is -0.355 e. The van der Waals surface area contributed by atoms with Gasteiger partial charge < -0.3 is 10.6 Å². The van der Waals surface area contributed by atoms with Gasteiger partial charge in [-0.15, -0.1) is 11.3 Å². The van der Waals surface area contributed by atoms with Crippen molar-refractivity contribution in [1.82, 2.24) is 14.7 Å². The summed E-state index contributed by atoms with van der Waals surface area (Å²) in [6.07, 6.45) is 4.84. The highest BCUT2D eigenvalue weighted by molar-refractivity contribution is 7.15. The third-order valence-electron chi connectivity index (χ3n) is 3.63. The fourth-order valence-electron chi connectivity index (χ4n) is 2.30.